The summed E-state index contributed by atoms with van der Waals surface area (Å²) in [7, 11) is 0. The van der Waals surface area contributed by atoms with Gasteiger partial charge in [0, 0.05) is 25.7 Å². The molecular formula is C20H30N4O13. The summed E-state index contributed by atoms with van der Waals surface area (Å²) in [5.74, 6) is -10.1. The predicted molar refractivity (Wildman–Crippen MR) is 119 cm³/mol. The van der Waals surface area contributed by atoms with E-state index in [4.69, 9.17) is 26.2 Å². The third-order valence-corrected chi connectivity index (χ3v) is 4.83. The molecule has 10 N–H and O–H groups in total. The lowest BCUT2D eigenvalue weighted by Crippen LogP contribution is -2.57. The monoisotopic (exact) mass is 534 g/mol. The number of carbonyl (C=O) groups excluding carboxylic acids is 3. The van der Waals surface area contributed by atoms with Gasteiger partial charge in [0.15, 0.2) is 0 Å². The number of carboxylic acid groups (broad SMARTS) is 5. The van der Waals surface area contributed by atoms with Crippen LogP contribution in [0, 0.1) is 0 Å². The molecule has 0 saturated carbocycles. The van der Waals surface area contributed by atoms with Gasteiger partial charge in [0.25, 0.3) is 0 Å². The van der Waals surface area contributed by atoms with Crippen molar-refractivity contribution in [3.05, 3.63) is 0 Å². The molecular weight excluding hydrogens is 504 g/mol. The van der Waals surface area contributed by atoms with Crippen LogP contribution in [0.2, 0.25) is 0 Å². The molecule has 0 heterocycles. The second-order valence-corrected chi connectivity index (χ2v) is 7.86. The minimum absolute atomic E-state index is 0.301. The lowest BCUT2D eigenvalue weighted by Gasteiger charge is -2.24. The standard InChI is InChI=1S/C20H30N4O13/c21-9(1-5-13(25)26)17(33)22-10(2-6-14(27)28)18(34)23-11(3-7-15(29)30)19(35)24-12(20(36)37)4-8-16(31)32/h9-12H,1-8,21H2,(H,22,33)(H,23,34)(H,24,35)(H,25,26)(H,27,28)(H,29,30)(H,31,32)(H,36,37). The molecule has 0 bridgehead atoms. The molecule has 17 heteroatoms. The third-order valence-electron chi connectivity index (χ3n) is 4.83. The van der Waals surface area contributed by atoms with Gasteiger partial charge < -0.3 is 47.2 Å². The van der Waals surface area contributed by atoms with Crippen LogP contribution >= 0.6 is 0 Å². The molecule has 17 nitrogen and oxygen atoms in total. The molecule has 0 saturated heterocycles. The van der Waals surface area contributed by atoms with Crippen molar-refractivity contribution in [2.45, 2.75) is 75.5 Å². The van der Waals surface area contributed by atoms with E-state index in [1.54, 1.807) is 0 Å². The summed E-state index contributed by atoms with van der Waals surface area (Å²) in [4.78, 5) is 92.4. The van der Waals surface area contributed by atoms with Crippen LogP contribution in [0.1, 0.15) is 51.4 Å². The van der Waals surface area contributed by atoms with Crippen LogP contribution in [0.4, 0.5) is 0 Å². The van der Waals surface area contributed by atoms with Crippen molar-refractivity contribution in [2.75, 3.05) is 0 Å². The Morgan fingerprint density at radius 2 is 0.784 bits per heavy atom. The zero-order chi connectivity index (χ0) is 28.7. The number of amides is 3. The first-order chi connectivity index (χ1) is 17.1. The van der Waals surface area contributed by atoms with Crippen LogP contribution in [0.5, 0.6) is 0 Å². The molecule has 3 amide bonds. The fourth-order valence-electron chi connectivity index (χ4n) is 2.83. The number of nitrogens with one attached hydrogen (secondary N) is 3. The maximum absolute atomic E-state index is 12.8. The molecule has 37 heavy (non-hydrogen) atoms. The molecule has 0 radical (unpaired) electrons. The first-order valence-corrected chi connectivity index (χ1v) is 10.9. The number of aliphatic carboxylic acids is 5. The highest BCUT2D eigenvalue weighted by molar-refractivity contribution is 5.94. The molecule has 0 rings (SSSR count). The van der Waals surface area contributed by atoms with Crippen molar-refractivity contribution in [1.29, 1.82) is 0 Å². The third kappa shape index (κ3) is 14.7. The first-order valence-electron chi connectivity index (χ1n) is 10.9. The molecule has 4 unspecified atom stereocenters. The van der Waals surface area contributed by atoms with E-state index in [9.17, 15) is 43.5 Å². The summed E-state index contributed by atoms with van der Waals surface area (Å²) in [6.07, 6.45) is -4.19. The molecule has 0 aliphatic heterocycles. The SMILES string of the molecule is NC(CCC(=O)O)C(=O)NC(CCC(=O)O)C(=O)NC(CCC(=O)O)C(=O)NC(CCC(=O)O)C(=O)O. The van der Waals surface area contributed by atoms with Crippen molar-refractivity contribution in [3.63, 3.8) is 0 Å². The summed E-state index contributed by atoms with van der Waals surface area (Å²) in [5.41, 5.74) is 5.58. The van der Waals surface area contributed by atoms with Gasteiger partial charge in [-0.25, -0.2) is 4.79 Å². The van der Waals surface area contributed by atoms with E-state index >= 15 is 0 Å². The van der Waals surface area contributed by atoms with Crippen LogP contribution in [0.3, 0.4) is 0 Å². The van der Waals surface area contributed by atoms with Gasteiger partial charge in [-0.15, -0.1) is 0 Å². The summed E-state index contributed by atoms with van der Waals surface area (Å²) in [6.45, 7) is 0. The topological polar surface area (TPSA) is 300 Å². The number of carbonyl (C=O) groups is 8. The van der Waals surface area contributed by atoms with Gasteiger partial charge in [0.2, 0.25) is 17.7 Å². The number of hydrogen-bond acceptors (Lipinski definition) is 9. The van der Waals surface area contributed by atoms with Gasteiger partial charge in [0.05, 0.1) is 6.04 Å². The fraction of sp³-hybridized carbons (Fsp3) is 0.600. The van der Waals surface area contributed by atoms with E-state index in [1.807, 2.05) is 5.32 Å². The van der Waals surface area contributed by atoms with Crippen LogP contribution in [0.15, 0.2) is 0 Å². The molecule has 0 aliphatic carbocycles. The minimum atomic E-state index is -1.68. The Labute approximate surface area is 209 Å². The lowest BCUT2D eigenvalue weighted by atomic mass is 10.1. The zero-order valence-electron chi connectivity index (χ0n) is 19.5. The van der Waals surface area contributed by atoms with Crippen molar-refractivity contribution in [2.24, 2.45) is 5.73 Å². The van der Waals surface area contributed by atoms with E-state index in [1.165, 1.54) is 0 Å². The second kappa shape index (κ2) is 16.4. The summed E-state index contributed by atoms with van der Waals surface area (Å²) in [5, 5.41) is 50.8. The molecule has 4 atom stereocenters. The van der Waals surface area contributed by atoms with Gasteiger partial charge >= 0.3 is 29.8 Å². The minimum Gasteiger partial charge on any atom is -0.481 e. The molecule has 0 aromatic heterocycles. The van der Waals surface area contributed by atoms with Crippen LogP contribution in [-0.4, -0.2) is 97.3 Å². The van der Waals surface area contributed by atoms with Crippen LogP contribution in [-0.2, 0) is 38.4 Å². The Morgan fingerprint density at radius 3 is 1.14 bits per heavy atom. The molecule has 0 fully saturated rings. The smallest absolute Gasteiger partial charge is 0.326 e. The first kappa shape index (κ1) is 32.7. The Balaban J connectivity index is 5.64. The van der Waals surface area contributed by atoms with Crippen molar-refractivity contribution in [3.8, 4) is 0 Å². The average Bonchev–Trinajstić information content (AvgIpc) is 2.79. The maximum Gasteiger partial charge on any atom is 0.326 e. The highest BCUT2D eigenvalue weighted by Crippen LogP contribution is 2.06. The molecule has 208 valence electrons. The van der Waals surface area contributed by atoms with E-state index < -0.39 is 117 Å². The maximum atomic E-state index is 12.8. The predicted octanol–water partition coefficient (Wildman–Crippen LogP) is -2.69. The van der Waals surface area contributed by atoms with Crippen molar-refractivity contribution < 1.29 is 63.9 Å². The van der Waals surface area contributed by atoms with Gasteiger partial charge in [-0.05, 0) is 25.7 Å². The molecule has 0 aromatic carbocycles. The normalized spacial score (nSPS) is 13.8. The summed E-state index contributed by atoms with van der Waals surface area (Å²) >= 11 is 0. The van der Waals surface area contributed by atoms with E-state index in [0.717, 1.165) is 0 Å². The highest BCUT2D eigenvalue weighted by atomic mass is 16.4. The number of nitrogens with two attached hydrogens (primary N) is 1. The highest BCUT2D eigenvalue weighted by Gasteiger charge is 2.31. The average molecular weight is 534 g/mol. The zero-order valence-corrected chi connectivity index (χ0v) is 19.5. The Bertz CT molecular complexity index is 891. The van der Waals surface area contributed by atoms with Gasteiger partial charge in [-0.3, -0.25) is 33.6 Å². The van der Waals surface area contributed by atoms with E-state index in [0.29, 0.717) is 0 Å². The van der Waals surface area contributed by atoms with E-state index in [2.05, 4.69) is 10.6 Å². The van der Waals surface area contributed by atoms with Gasteiger partial charge in [0.1, 0.15) is 18.1 Å². The number of carboxylic acids is 5. The summed E-state index contributed by atoms with van der Waals surface area (Å²) in [6, 6.07) is -6.28. The molecule has 0 aliphatic rings. The fourth-order valence-corrected chi connectivity index (χ4v) is 2.83. The largest absolute Gasteiger partial charge is 0.481 e. The summed E-state index contributed by atoms with van der Waals surface area (Å²) < 4.78 is 0. The quantitative estimate of drug-likeness (QED) is 0.0815. The van der Waals surface area contributed by atoms with Crippen LogP contribution < -0.4 is 21.7 Å². The second-order valence-electron chi connectivity index (χ2n) is 7.86. The van der Waals surface area contributed by atoms with Crippen molar-refractivity contribution in [1.82, 2.24) is 16.0 Å². The Morgan fingerprint density at radius 1 is 0.486 bits per heavy atom. The van der Waals surface area contributed by atoms with Gasteiger partial charge in [-0.1, -0.05) is 0 Å². The number of rotatable bonds is 19. The number of hydrogen-bond donors (Lipinski definition) is 9. The van der Waals surface area contributed by atoms with E-state index in [-0.39, 0.29) is 6.42 Å². The lowest BCUT2D eigenvalue weighted by molar-refractivity contribution is -0.144. The Kier molecular flexibility index (Phi) is 14.5. The van der Waals surface area contributed by atoms with Gasteiger partial charge in [-0.2, -0.15) is 0 Å². The van der Waals surface area contributed by atoms with Crippen LogP contribution in [0.25, 0.3) is 0 Å². The van der Waals surface area contributed by atoms with Crippen molar-refractivity contribution >= 4 is 47.6 Å². The molecule has 0 aromatic rings. The Hall–Kier alpha value is -4.28. The molecule has 0 spiro atoms.